The van der Waals surface area contributed by atoms with Gasteiger partial charge in [-0.1, -0.05) is 13.8 Å². The number of hydrogen-bond donors (Lipinski definition) is 1. The number of thiazole rings is 1. The number of nitrogens with two attached hydrogens (primary N) is 1. The molecule has 0 aromatic carbocycles. The van der Waals surface area contributed by atoms with Crippen LogP contribution in [0.15, 0.2) is 16.7 Å². The van der Waals surface area contributed by atoms with Gasteiger partial charge in [-0.3, -0.25) is 0 Å². The summed E-state index contributed by atoms with van der Waals surface area (Å²) in [4.78, 5) is 6.03. The molecule has 2 heterocycles. The third-order valence-corrected chi connectivity index (χ3v) is 4.83. The fraction of sp³-hybridized carbons (Fsp3) is 0.500. The van der Waals surface area contributed by atoms with Gasteiger partial charge in [-0.05, 0) is 31.2 Å². The van der Waals surface area contributed by atoms with Crippen molar-refractivity contribution in [2.75, 3.05) is 0 Å². The quantitative estimate of drug-likeness (QED) is 0.852. The molecule has 0 aliphatic heterocycles. The zero-order chi connectivity index (χ0) is 12.9. The van der Waals surface area contributed by atoms with E-state index in [0.29, 0.717) is 0 Å². The van der Waals surface area contributed by atoms with Crippen LogP contribution in [0.25, 0.3) is 10.6 Å². The topological polar surface area (TPSA) is 52.0 Å². The maximum absolute atomic E-state index is 6.27. The molecule has 0 saturated carbocycles. The molecule has 2 aromatic heterocycles. The second-order valence-electron chi connectivity index (χ2n) is 5.87. The Bertz CT molecular complexity index is 582. The molecule has 4 heteroatoms. The fourth-order valence-corrected chi connectivity index (χ4v) is 3.87. The molecule has 1 aliphatic rings. The van der Waals surface area contributed by atoms with Crippen molar-refractivity contribution >= 4 is 11.3 Å². The van der Waals surface area contributed by atoms with Crippen molar-refractivity contribution in [3.05, 3.63) is 28.7 Å². The van der Waals surface area contributed by atoms with Crippen molar-refractivity contribution in [1.82, 2.24) is 4.98 Å². The van der Waals surface area contributed by atoms with E-state index in [2.05, 4.69) is 13.8 Å². The minimum atomic E-state index is 0.127. The first-order valence-electron chi connectivity index (χ1n) is 6.26. The van der Waals surface area contributed by atoms with Gasteiger partial charge in [0, 0.05) is 10.9 Å². The summed E-state index contributed by atoms with van der Waals surface area (Å²) in [6.45, 7) is 6.50. The van der Waals surface area contributed by atoms with E-state index >= 15 is 0 Å². The van der Waals surface area contributed by atoms with Gasteiger partial charge >= 0.3 is 0 Å². The van der Waals surface area contributed by atoms with E-state index in [9.17, 15) is 0 Å². The number of aromatic nitrogens is 1. The second-order valence-corrected chi connectivity index (χ2v) is 6.90. The molecule has 2 aromatic rings. The Morgan fingerprint density at radius 3 is 2.94 bits per heavy atom. The molecular formula is C14H18N2OS. The monoisotopic (exact) mass is 262 g/mol. The molecule has 0 saturated heterocycles. The summed E-state index contributed by atoms with van der Waals surface area (Å²) in [6, 6.07) is 2.11. The van der Waals surface area contributed by atoms with Crippen LogP contribution in [0.5, 0.6) is 0 Å². The zero-order valence-corrected chi connectivity index (χ0v) is 11.8. The van der Waals surface area contributed by atoms with Crippen molar-refractivity contribution in [1.29, 1.82) is 0 Å². The summed E-state index contributed by atoms with van der Waals surface area (Å²) in [7, 11) is 0. The lowest BCUT2D eigenvalue weighted by Gasteiger charge is -2.32. The highest BCUT2D eigenvalue weighted by Crippen LogP contribution is 2.44. The molecule has 3 rings (SSSR count). The number of fused-ring (bicyclic) bond motifs is 1. The van der Waals surface area contributed by atoms with Gasteiger partial charge in [-0.25, -0.2) is 4.98 Å². The predicted octanol–water partition coefficient (Wildman–Crippen LogP) is 3.68. The van der Waals surface area contributed by atoms with Gasteiger partial charge in [-0.2, -0.15) is 0 Å². The van der Waals surface area contributed by atoms with Crippen LogP contribution in [0.1, 0.15) is 42.6 Å². The second kappa shape index (κ2) is 3.93. The van der Waals surface area contributed by atoms with Gasteiger partial charge in [0.2, 0.25) is 0 Å². The SMILES string of the molecule is Cc1occc1-c1nc2c(s1)C(N)CC(C)(C)C2. The minimum Gasteiger partial charge on any atom is -0.469 e. The van der Waals surface area contributed by atoms with Crippen molar-refractivity contribution < 1.29 is 4.42 Å². The molecule has 3 nitrogen and oxygen atoms in total. The van der Waals surface area contributed by atoms with Crippen LogP contribution in [0.4, 0.5) is 0 Å². The van der Waals surface area contributed by atoms with Crippen LogP contribution < -0.4 is 5.73 Å². The smallest absolute Gasteiger partial charge is 0.127 e. The van der Waals surface area contributed by atoms with E-state index in [1.807, 2.05) is 13.0 Å². The molecule has 2 N–H and O–H groups in total. The number of hydrogen-bond acceptors (Lipinski definition) is 4. The summed E-state index contributed by atoms with van der Waals surface area (Å²) in [5.74, 6) is 0.925. The lowest BCUT2D eigenvalue weighted by molar-refractivity contribution is 0.282. The van der Waals surface area contributed by atoms with E-state index in [1.54, 1.807) is 17.6 Å². The maximum atomic E-state index is 6.27. The summed E-state index contributed by atoms with van der Waals surface area (Å²) in [5, 5.41) is 1.04. The third kappa shape index (κ3) is 1.89. The lowest BCUT2D eigenvalue weighted by Crippen LogP contribution is -2.28. The van der Waals surface area contributed by atoms with Crippen LogP contribution >= 0.6 is 11.3 Å². The number of nitrogens with zero attached hydrogens (tertiary/aromatic N) is 1. The Balaban J connectivity index is 2.06. The molecule has 0 amide bonds. The number of furan rings is 1. The Morgan fingerprint density at radius 2 is 2.28 bits per heavy atom. The maximum Gasteiger partial charge on any atom is 0.127 e. The molecule has 96 valence electrons. The van der Waals surface area contributed by atoms with Crippen LogP contribution in [0.3, 0.4) is 0 Å². The highest BCUT2D eigenvalue weighted by atomic mass is 32.1. The lowest BCUT2D eigenvalue weighted by atomic mass is 9.77. The average molecular weight is 262 g/mol. The number of aryl methyl sites for hydroxylation is 1. The molecule has 18 heavy (non-hydrogen) atoms. The van der Waals surface area contributed by atoms with Gasteiger partial charge in [0.25, 0.3) is 0 Å². The van der Waals surface area contributed by atoms with Crippen molar-refractivity contribution in [2.24, 2.45) is 11.1 Å². The molecule has 1 atom stereocenters. The van der Waals surface area contributed by atoms with E-state index < -0.39 is 0 Å². The molecular weight excluding hydrogens is 244 g/mol. The average Bonchev–Trinajstić information content (AvgIpc) is 2.82. The summed E-state index contributed by atoms with van der Waals surface area (Å²) >= 11 is 1.72. The van der Waals surface area contributed by atoms with E-state index in [4.69, 9.17) is 15.1 Å². The highest BCUT2D eigenvalue weighted by molar-refractivity contribution is 7.15. The first kappa shape index (κ1) is 11.9. The van der Waals surface area contributed by atoms with Gasteiger partial charge in [0.15, 0.2) is 0 Å². The fourth-order valence-electron chi connectivity index (χ4n) is 2.72. The predicted molar refractivity (Wildman–Crippen MR) is 73.6 cm³/mol. The normalized spacial score (nSPS) is 21.9. The van der Waals surface area contributed by atoms with Gasteiger partial charge in [-0.15, -0.1) is 11.3 Å². The van der Waals surface area contributed by atoms with Crippen LogP contribution in [-0.4, -0.2) is 4.98 Å². The largest absolute Gasteiger partial charge is 0.469 e. The van der Waals surface area contributed by atoms with E-state index in [1.165, 1.54) is 10.6 Å². The molecule has 1 unspecified atom stereocenters. The zero-order valence-electron chi connectivity index (χ0n) is 11.0. The molecule has 1 aliphatic carbocycles. The van der Waals surface area contributed by atoms with Crippen LogP contribution in [0, 0.1) is 12.3 Å². The van der Waals surface area contributed by atoms with E-state index in [0.717, 1.165) is 29.2 Å². The Labute approximate surface area is 111 Å². The minimum absolute atomic E-state index is 0.127. The molecule has 0 radical (unpaired) electrons. The number of rotatable bonds is 1. The Kier molecular flexibility index (Phi) is 2.61. The van der Waals surface area contributed by atoms with Crippen LogP contribution in [-0.2, 0) is 6.42 Å². The highest BCUT2D eigenvalue weighted by Gasteiger charge is 2.33. The van der Waals surface area contributed by atoms with Crippen LogP contribution in [0.2, 0.25) is 0 Å². The van der Waals surface area contributed by atoms with Crippen molar-refractivity contribution in [3.8, 4) is 10.6 Å². The van der Waals surface area contributed by atoms with Gasteiger partial charge in [0.1, 0.15) is 10.8 Å². The van der Waals surface area contributed by atoms with Gasteiger partial charge in [0.05, 0.1) is 17.5 Å². The first-order valence-corrected chi connectivity index (χ1v) is 7.07. The first-order chi connectivity index (χ1) is 8.46. The summed E-state index contributed by atoms with van der Waals surface area (Å²) in [5.41, 5.74) is 8.80. The van der Waals surface area contributed by atoms with Crippen molar-refractivity contribution in [2.45, 2.75) is 39.7 Å². The molecule has 0 spiro atoms. The Hall–Kier alpha value is -1.13. The molecule has 0 bridgehead atoms. The standard InChI is InChI=1S/C14H18N2OS/c1-8-9(4-5-17-8)13-16-11-7-14(2,3)6-10(15)12(11)18-13/h4-5,10H,6-7,15H2,1-3H3. The van der Waals surface area contributed by atoms with E-state index in [-0.39, 0.29) is 11.5 Å². The van der Waals surface area contributed by atoms with Crippen molar-refractivity contribution in [3.63, 3.8) is 0 Å². The van der Waals surface area contributed by atoms with Gasteiger partial charge < -0.3 is 10.2 Å². The summed E-state index contributed by atoms with van der Waals surface area (Å²) < 4.78 is 5.35. The Morgan fingerprint density at radius 1 is 1.50 bits per heavy atom. The third-order valence-electron chi connectivity index (χ3n) is 3.57. The summed E-state index contributed by atoms with van der Waals surface area (Å²) in [6.07, 6.45) is 3.77. The molecule has 0 fully saturated rings.